The fraction of sp³-hybridized carbons (Fsp3) is 0.192. The third kappa shape index (κ3) is 6.99. The third-order valence-electron chi connectivity index (χ3n) is 5.38. The van der Waals surface area contributed by atoms with Gasteiger partial charge in [-0.15, -0.1) is 0 Å². The Balaban J connectivity index is 1.53. The van der Waals surface area contributed by atoms with Crippen LogP contribution in [0.2, 0.25) is 5.02 Å². The smallest absolute Gasteiger partial charge is 0.238 e. The summed E-state index contributed by atoms with van der Waals surface area (Å²) in [5.74, 6) is 0.432. The molecule has 0 aromatic heterocycles. The summed E-state index contributed by atoms with van der Waals surface area (Å²) in [5, 5.41) is 3.44. The number of amidine groups is 1. The predicted molar refractivity (Wildman–Crippen MR) is 151 cm³/mol. The van der Waals surface area contributed by atoms with Crippen molar-refractivity contribution >= 4 is 74.3 Å². The summed E-state index contributed by atoms with van der Waals surface area (Å²) in [6, 6.07) is 22.4. The van der Waals surface area contributed by atoms with Crippen molar-refractivity contribution in [3.63, 3.8) is 0 Å². The Kier molecular flexibility index (Phi) is 8.69. The molecule has 2 amide bonds. The molecular weight excluding hydrogens is 597 g/mol. The molecule has 1 aliphatic rings. The van der Waals surface area contributed by atoms with Gasteiger partial charge in [0.25, 0.3) is 0 Å². The summed E-state index contributed by atoms with van der Waals surface area (Å²) in [6.45, 7) is 0.454. The maximum atomic E-state index is 13.2. The van der Waals surface area contributed by atoms with Gasteiger partial charge in [0.2, 0.25) is 11.8 Å². The SMILES string of the molecule is COc1ccc(CCN2C(=O)CC(C(=O)Nc3ccc(I)cc3)SC2=Nc2ccc(Cl)cc2)cc1. The molecule has 3 aromatic carbocycles. The molecule has 4 rings (SSSR count). The number of amides is 2. The number of hydrogen-bond donors (Lipinski definition) is 1. The minimum Gasteiger partial charge on any atom is -0.497 e. The molecule has 35 heavy (non-hydrogen) atoms. The Bertz CT molecular complexity index is 1220. The third-order valence-corrected chi connectivity index (χ3v) is 7.54. The predicted octanol–water partition coefficient (Wildman–Crippen LogP) is 6.16. The second-order valence-corrected chi connectivity index (χ2v) is 10.7. The van der Waals surface area contributed by atoms with Crippen LogP contribution in [0.25, 0.3) is 0 Å². The van der Waals surface area contributed by atoms with E-state index in [1.54, 1.807) is 36.3 Å². The minimum absolute atomic E-state index is 0.100. The van der Waals surface area contributed by atoms with E-state index in [-0.39, 0.29) is 18.2 Å². The number of ether oxygens (including phenoxy) is 1. The zero-order valence-electron chi connectivity index (χ0n) is 18.9. The zero-order valence-corrected chi connectivity index (χ0v) is 22.6. The van der Waals surface area contributed by atoms with Crippen LogP contribution in [0.1, 0.15) is 12.0 Å². The number of methoxy groups -OCH3 is 1. The summed E-state index contributed by atoms with van der Waals surface area (Å²) >= 11 is 9.53. The molecule has 1 atom stereocenters. The van der Waals surface area contributed by atoms with Crippen LogP contribution in [-0.4, -0.2) is 40.8 Å². The van der Waals surface area contributed by atoms with Gasteiger partial charge in [-0.05, 0) is 95.2 Å². The van der Waals surface area contributed by atoms with Crippen molar-refractivity contribution < 1.29 is 14.3 Å². The molecule has 0 radical (unpaired) electrons. The molecule has 9 heteroatoms. The molecule has 1 N–H and O–H groups in total. The van der Waals surface area contributed by atoms with Crippen LogP contribution in [0.5, 0.6) is 5.75 Å². The van der Waals surface area contributed by atoms with E-state index in [2.05, 4.69) is 27.9 Å². The Labute approximate surface area is 227 Å². The summed E-state index contributed by atoms with van der Waals surface area (Å²) in [6.07, 6.45) is 0.749. The second kappa shape index (κ2) is 11.9. The average molecular weight is 620 g/mol. The Morgan fingerprint density at radius 3 is 2.46 bits per heavy atom. The first-order valence-corrected chi connectivity index (χ1v) is 13.3. The molecule has 1 heterocycles. The first-order chi connectivity index (χ1) is 16.9. The number of aliphatic imine (C=N–C) groups is 1. The number of halogens is 2. The molecule has 1 saturated heterocycles. The van der Waals surface area contributed by atoms with Crippen LogP contribution in [0.15, 0.2) is 77.8 Å². The highest BCUT2D eigenvalue weighted by Crippen LogP contribution is 2.30. The normalized spacial score (nSPS) is 16.9. The van der Waals surface area contributed by atoms with Crippen LogP contribution in [0.3, 0.4) is 0 Å². The topological polar surface area (TPSA) is 71.0 Å². The van der Waals surface area contributed by atoms with Gasteiger partial charge < -0.3 is 10.1 Å². The maximum absolute atomic E-state index is 13.2. The number of hydrogen-bond acceptors (Lipinski definition) is 5. The van der Waals surface area contributed by atoms with Gasteiger partial charge in [0.15, 0.2) is 5.17 Å². The molecule has 3 aromatic rings. The number of nitrogens with one attached hydrogen (secondary N) is 1. The van der Waals surface area contributed by atoms with Crippen molar-refractivity contribution in [3.05, 3.63) is 87.0 Å². The molecule has 1 aliphatic heterocycles. The molecular formula is C26H23ClIN3O3S. The van der Waals surface area contributed by atoms with Crippen LogP contribution < -0.4 is 10.1 Å². The van der Waals surface area contributed by atoms with Crippen LogP contribution in [0.4, 0.5) is 11.4 Å². The van der Waals surface area contributed by atoms with Crippen molar-refractivity contribution in [1.82, 2.24) is 4.90 Å². The quantitative estimate of drug-likeness (QED) is 0.322. The lowest BCUT2D eigenvalue weighted by atomic mass is 10.1. The summed E-state index contributed by atoms with van der Waals surface area (Å²) in [5.41, 5.74) is 2.44. The van der Waals surface area contributed by atoms with Gasteiger partial charge >= 0.3 is 0 Å². The van der Waals surface area contributed by atoms with Gasteiger partial charge in [-0.1, -0.05) is 35.5 Å². The summed E-state index contributed by atoms with van der Waals surface area (Å²) < 4.78 is 6.30. The Hall–Kier alpha value is -2.56. The van der Waals surface area contributed by atoms with Crippen LogP contribution in [0, 0.1) is 3.57 Å². The average Bonchev–Trinajstić information content (AvgIpc) is 2.86. The largest absolute Gasteiger partial charge is 0.497 e. The van der Waals surface area contributed by atoms with Crippen molar-refractivity contribution in [1.29, 1.82) is 0 Å². The van der Waals surface area contributed by atoms with Crippen molar-refractivity contribution in [2.75, 3.05) is 19.0 Å². The minimum atomic E-state index is -0.579. The van der Waals surface area contributed by atoms with Gasteiger partial charge in [-0.3, -0.25) is 14.5 Å². The number of anilines is 1. The Morgan fingerprint density at radius 1 is 1.11 bits per heavy atom. The zero-order chi connectivity index (χ0) is 24.8. The second-order valence-electron chi connectivity index (χ2n) is 7.82. The summed E-state index contributed by atoms with van der Waals surface area (Å²) in [4.78, 5) is 32.6. The van der Waals surface area contributed by atoms with Crippen LogP contribution >= 0.6 is 46.0 Å². The summed E-state index contributed by atoms with van der Waals surface area (Å²) in [7, 11) is 1.63. The Morgan fingerprint density at radius 2 is 1.80 bits per heavy atom. The molecule has 1 fully saturated rings. The fourth-order valence-electron chi connectivity index (χ4n) is 3.48. The highest BCUT2D eigenvalue weighted by molar-refractivity contribution is 14.1. The first-order valence-electron chi connectivity index (χ1n) is 10.9. The lowest BCUT2D eigenvalue weighted by molar-refractivity contribution is -0.129. The van der Waals surface area contributed by atoms with Gasteiger partial charge in [-0.2, -0.15) is 0 Å². The lowest BCUT2D eigenvalue weighted by Gasteiger charge is -2.32. The van der Waals surface area contributed by atoms with Crippen molar-refractivity contribution in [3.8, 4) is 5.75 Å². The monoisotopic (exact) mass is 619 g/mol. The highest BCUT2D eigenvalue weighted by Gasteiger charge is 2.35. The number of carbonyl (C=O) groups excluding carboxylic acids is 2. The maximum Gasteiger partial charge on any atom is 0.238 e. The molecule has 1 unspecified atom stereocenters. The van der Waals surface area contributed by atoms with Crippen LogP contribution in [-0.2, 0) is 16.0 Å². The van der Waals surface area contributed by atoms with E-state index in [4.69, 9.17) is 21.3 Å². The van der Waals surface area contributed by atoms with E-state index in [1.807, 2.05) is 48.5 Å². The molecule has 0 aliphatic carbocycles. The fourth-order valence-corrected chi connectivity index (χ4v) is 5.09. The number of rotatable bonds is 7. The van der Waals surface area contributed by atoms with Gasteiger partial charge in [0, 0.05) is 27.2 Å². The van der Waals surface area contributed by atoms with E-state index in [0.717, 1.165) is 14.9 Å². The van der Waals surface area contributed by atoms with Gasteiger partial charge in [-0.25, -0.2) is 4.99 Å². The number of thioether (sulfide) groups is 1. The lowest BCUT2D eigenvalue weighted by Crippen LogP contribution is -2.46. The standard InChI is InChI=1S/C26H23ClIN3O3S/c1-34-22-12-2-17(3-13-22)14-15-31-24(32)16-23(25(33)29-20-10-6-19(28)7-11-20)35-26(31)30-21-8-4-18(27)5-9-21/h2-13,23H,14-16H2,1H3,(H,29,33). The molecule has 0 saturated carbocycles. The van der Waals surface area contributed by atoms with Gasteiger partial charge in [0.05, 0.1) is 12.8 Å². The van der Waals surface area contributed by atoms with E-state index < -0.39 is 5.25 Å². The number of nitrogens with zero attached hydrogens (tertiary/aromatic N) is 2. The van der Waals surface area contributed by atoms with Gasteiger partial charge in [0.1, 0.15) is 11.0 Å². The van der Waals surface area contributed by atoms with E-state index in [0.29, 0.717) is 34.5 Å². The number of benzene rings is 3. The molecule has 0 bridgehead atoms. The van der Waals surface area contributed by atoms with Crippen molar-refractivity contribution in [2.24, 2.45) is 4.99 Å². The number of carbonyl (C=O) groups is 2. The van der Waals surface area contributed by atoms with Crippen molar-refractivity contribution in [2.45, 2.75) is 18.1 Å². The molecule has 0 spiro atoms. The first kappa shape index (κ1) is 25.5. The van der Waals surface area contributed by atoms with E-state index in [1.165, 1.54) is 11.8 Å². The molecule has 180 valence electrons. The van der Waals surface area contributed by atoms with E-state index in [9.17, 15) is 9.59 Å². The molecule has 6 nitrogen and oxygen atoms in total. The van der Waals surface area contributed by atoms with E-state index >= 15 is 0 Å². The highest BCUT2D eigenvalue weighted by atomic mass is 127.